The van der Waals surface area contributed by atoms with Gasteiger partial charge in [0.15, 0.2) is 0 Å². The Kier molecular flexibility index (Phi) is 4.00. The van der Waals surface area contributed by atoms with Gasteiger partial charge in [0.05, 0.1) is 5.60 Å². The van der Waals surface area contributed by atoms with Gasteiger partial charge < -0.3 is 5.11 Å². The first-order valence-corrected chi connectivity index (χ1v) is 10.5. The first-order chi connectivity index (χ1) is 11.7. The number of carbonyl (C=O) groups excluding carboxylic acids is 2. The molecule has 0 unspecified atom stereocenters. The van der Waals surface area contributed by atoms with Gasteiger partial charge >= 0.3 is 0 Å². The van der Waals surface area contributed by atoms with Crippen molar-refractivity contribution in [2.75, 3.05) is 0 Å². The molecule has 4 saturated carbocycles. The van der Waals surface area contributed by atoms with Crippen molar-refractivity contribution in [2.45, 2.75) is 90.6 Å². The van der Waals surface area contributed by atoms with Crippen LogP contribution in [0.15, 0.2) is 0 Å². The average Bonchev–Trinajstić information content (AvgIpc) is 2.56. The fraction of sp³-hybridized carbons (Fsp3) is 0.909. The largest absolute Gasteiger partial charge is 0.389 e. The highest BCUT2D eigenvalue weighted by Gasteiger charge is 2.65. The van der Waals surface area contributed by atoms with E-state index < -0.39 is 5.60 Å². The lowest BCUT2D eigenvalue weighted by atomic mass is 9.40. The maximum Gasteiger partial charge on any atom is 0.137 e. The Hall–Kier alpha value is -0.700. The first kappa shape index (κ1) is 17.7. The van der Waals surface area contributed by atoms with Crippen molar-refractivity contribution in [1.29, 1.82) is 0 Å². The highest BCUT2D eigenvalue weighted by molar-refractivity contribution is 5.85. The number of hydrogen-bond donors (Lipinski definition) is 1. The average molecular weight is 347 g/mol. The van der Waals surface area contributed by atoms with Crippen LogP contribution in [0, 0.1) is 34.5 Å². The summed E-state index contributed by atoms with van der Waals surface area (Å²) in [4.78, 5) is 25.4. The minimum Gasteiger partial charge on any atom is -0.389 e. The third-order valence-corrected chi connectivity index (χ3v) is 9.31. The third kappa shape index (κ3) is 2.27. The lowest BCUT2D eigenvalue weighted by molar-refractivity contribution is -0.203. The highest BCUT2D eigenvalue weighted by Crippen LogP contribution is 2.66. The molecule has 0 spiro atoms. The van der Waals surface area contributed by atoms with E-state index in [2.05, 4.69) is 20.8 Å². The molecule has 0 bridgehead atoms. The van der Waals surface area contributed by atoms with Gasteiger partial charge in [-0.3, -0.25) is 9.59 Å². The second-order valence-electron chi connectivity index (χ2n) is 10.1. The van der Waals surface area contributed by atoms with Crippen molar-refractivity contribution >= 4 is 11.6 Å². The predicted octanol–water partition coefficient (Wildman–Crippen LogP) is 4.31. The molecule has 0 amide bonds. The molecular weight excluding hydrogens is 312 g/mol. The zero-order valence-electron chi connectivity index (χ0n) is 16.1. The summed E-state index contributed by atoms with van der Waals surface area (Å²) >= 11 is 0. The topological polar surface area (TPSA) is 54.4 Å². The summed E-state index contributed by atoms with van der Waals surface area (Å²) in [7, 11) is 0. The van der Waals surface area contributed by atoms with Gasteiger partial charge in [0.1, 0.15) is 11.6 Å². The monoisotopic (exact) mass is 346 g/mol. The SMILES string of the molecule is CC[C@@]1(O)CCC[C@H]2[C@H]3CC[C@H]4CC(=O)CC[C@]4(C)[C@@H]3C(=O)C[C@@]21C. The van der Waals surface area contributed by atoms with Crippen LogP contribution in [0.2, 0.25) is 0 Å². The van der Waals surface area contributed by atoms with E-state index in [1.165, 1.54) is 0 Å². The first-order valence-electron chi connectivity index (χ1n) is 10.5. The Labute approximate surface area is 151 Å². The molecule has 4 aliphatic carbocycles. The number of ketones is 2. The van der Waals surface area contributed by atoms with Crippen LogP contribution in [0.5, 0.6) is 0 Å². The van der Waals surface area contributed by atoms with Gasteiger partial charge in [-0.1, -0.05) is 27.2 Å². The van der Waals surface area contributed by atoms with Crippen molar-refractivity contribution < 1.29 is 14.7 Å². The number of fused-ring (bicyclic) bond motifs is 5. The zero-order chi connectivity index (χ0) is 18.0. The van der Waals surface area contributed by atoms with Gasteiger partial charge in [-0.05, 0) is 61.7 Å². The van der Waals surface area contributed by atoms with E-state index in [0.717, 1.165) is 44.9 Å². The normalized spacial score (nSPS) is 53.0. The molecule has 3 heteroatoms. The molecule has 0 radical (unpaired) electrons. The van der Waals surface area contributed by atoms with Crippen molar-refractivity contribution in [2.24, 2.45) is 34.5 Å². The Morgan fingerprint density at radius 3 is 2.60 bits per heavy atom. The summed E-state index contributed by atoms with van der Waals surface area (Å²) in [5, 5.41) is 11.4. The minimum atomic E-state index is -0.684. The van der Waals surface area contributed by atoms with Crippen LogP contribution in [0.25, 0.3) is 0 Å². The second-order valence-corrected chi connectivity index (χ2v) is 10.1. The van der Waals surface area contributed by atoms with Gasteiger partial charge in [-0.15, -0.1) is 0 Å². The zero-order valence-corrected chi connectivity index (χ0v) is 16.1. The van der Waals surface area contributed by atoms with E-state index in [9.17, 15) is 14.7 Å². The molecule has 1 N–H and O–H groups in total. The number of rotatable bonds is 1. The molecule has 4 rings (SSSR count). The van der Waals surface area contributed by atoms with Gasteiger partial charge in [0, 0.05) is 30.6 Å². The van der Waals surface area contributed by atoms with E-state index >= 15 is 0 Å². The molecule has 140 valence electrons. The Morgan fingerprint density at radius 2 is 1.88 bits per heavy atom. The van der Waals surface area contributed by atoms with E-state index in [-0.39, 0.29) is 16.7 Å². The van der Waals surface area contributed by atoms with Crippen LogP contribution < -0.4 is 0 Å². The molecule has 0 aromatic carbocycles. The number of carbonyl (C=O) groups is 2. The quantitative estimate of drug-likeness (QED) is 0.770. The Morgan fingerprint density at radius 1 is 1.12 bits per heavy atom. The summed E-state index contributed by atoms with van der Waals surface area (Å²) in [5.74, 6) is 2.18. The van der Waals surface area contributed by atoms with Crippen LogP contribution in [0.1, 0.15) is 85.0 Å². The van der Waals surface area contributed by atoms with Crippen LogP contribution in [-0.2, 0) is 9.59 Å². The minimum absolute atomic E-state index is 0.0109. The van der Waals surface area contributed by atoms with Crippen LogP contribution in [0.4, 0.5) is 0 Å². The summed E-state index contributed by atoms with van der Waals surface area (Å²) in [5.41, 5.74) is -0.931. The van der Waals surface area contributed by atoms with Crippen molar-refractivity contribution in [1.82, 2.24) is 0 Å². The van der Waals surface area contributed by atoms with Crippen molar-refractivity contribution in [3.8, 4) is 0 Å². The molecule has 7 atom stereocenters. The number of Topliss-reactive ketones (excluding diaryl/α,β-unsaturated/α-hetero) is 2. The summed E-state index contributed by atoms with van der Waals surface area (Å²) in [6.07, 6.45) is 8.78. The molecule has 25 heavy (non-hydrogen) atoms. The summed E-state index contributed by atoms with van der Waals surface area (Å²) in [6.45, 7) is 6.58. The molecular formula is C22H34O3. The Balaban J connectivity index is 1.72. The maximum absolute atomic E-state index is 13.4. The number of aliphatic hydroxyl groups is 1. The molecule has 4 fully saturated rings. The van der Waals surface area contributed by atoms with Gasteiger partial charge in [0.2, 0.25) is 0 Å². The molecule has 4 aliphatic rings. The molecule has 0 aromatic rings. The van der Waals surface area contributed by atoms with Crippen LogP contribution >= 0.6 is 0 Å². The maximum atomic E-state index is 13.4. The molecule has 0 saturated heterocycles. The molecule has 0 heterocycles. The van der Waals surface area contributed by atoms with E-state index in [1.54, 1.807) is 0 Å². The fourth-order valence-corrected chi connectivity index (χ4v) is 7.75. The predicted molar refractivity (Wildman–Crippen MR) is 97.0 cm³/mol. The van der Waals surface area contributed by atoms with Crippen molar-refractivity contribution in [3.63, 3.8) is 0 Å². The molecule has 0 aliphatic heterocycles. The summed E-state index contributed by atoms with van der Waals surface area (Å²) in [6, 6.07) is 0. The lowest BCUT2D eigenvalue weighted by Crippen LogP contribution is -2.64. The van der Waals surface area contributed by atoms with Gasteiger partial charge in [-0.2, -0.15) is 0 Å². The van der Waals surface area contributed by atoms with E-state index in [4.69, 9.17) is 0 Å². The second kappa shape index (κ2) is 5.65. The van der Waals surface area contributed by atoms with Crippen LogP contribution in [0.3, 0.4) is 0 Å². The fourth-order valence-electron chi connectivity index (χ4n) is 7.75. The van der Waals surface area contributed by atoms with Gasteiger partial charge in [0.25, 0.3) is 0 Å². The lowest BCUT2D eigenvalue weighted by Gasteiger charge is -2.64. The molecule has 3 nitrogen and oxygen atoms in total. The molecule has 0 aromatic heterocycles. The Bertz CT molecular complexity index is 598. The highest BCUT2D eigenvalue weighted by atomic mass is 16.3. The third-order valence-electron chi connectivity index (χ3n) is 9.31. The smallest absolute Gasteiger partial charge is 0.137 e. The van der Waals surface area contributed by atoms with E-state index in [0.29, 0.717) is 48.6 Å². The number of hydrogen-bond acceptors (Lipinski definition) is 3. The standard InChI is InChI=1S/C22H34O3/c1-4-22(25)10-5-6-17-16-8-7-14-12-15(23)9-11-20(14,2)19(16)18(24)13-21(17,22)3/h14,16-17,19,25H,4-13H2,1-3H3/t14-,16+,17-,19-,20-,21-,22+/m0/s1. The summed E-state index contributed by atoms with van der Waals surface area (Å²) < 4.78 is 0. The van der Waals surface area contributed by atoms with E-state index in [1.807, 2.05) is 0 Å². The van der Waals surface area contributed by atoms with Crippen molar-refractivity contribution in [3.05, 3.63) is 0 Å². The van der Waals surface area contributed by atoms with Crippen LogP contribution in [-0.4, -0.2) is 22.3 Å². The van der Waals surface area contributed by atoms with Gasteiger partial charge in [-0.25, -0.2) is 0 Å².